The molecule has 7 rings (SSSR count). The molecule has 1 aliphatic carbocycles. The van der Waals surface area contributed by atoms with E-state index < -0.39 is 6.85 Å². The summed E-state index contributed by atoms with van der Waals surface area (Å²) in [5, 5.41) is 1.89. The Labute approximate surface area is 259 Å². The normalized spacial score (nSPS) is 16.3. The van der Waals surface area contributed by atoms with Crippen molar-refractivity contribution in [2.24, 2.45) is 0 Å². The number of aromatic nitrogens is 2. The number of pyridine rings is 2. The van der Waals surface area contributed by atoms with E-state index in [0.717, 1.165) is 27.6 Å². The SMILES string of the molecule is [2H]C([2H])([2H])c1c[c-]c(-c2cc(C)c(C3CCCCC3)cn2)cc1.[2H]c1nc(-c2[c-]c3oc4ccccc4c3cc2)c([2H])c([2H])c1[2H].[Ir]. The maximum atomic E-state index is 7.98. The molecule has 203 valence electrons. The van der Waals surface area contributed by atoms with Crippen LogP contribution in [-0.4, -0.2) is 9.97 Å². The number of hydrogen-bond acceptors (Lipinski definition) is 3. The molecule has 0 bridgehead atoms. The molecule has 0 unspecified atom stereocenters. The summed E-state index contributed by atoms with van der Waals surface area (Å²) in [6, 6.07) is 23.6. The van der Waals surface area contributed by atoms with Crippen molar-refractivity contribution in [2.45, 2.75) is 51.8 Å². The largest absolute Gasteiger partial charge is 0.477 e. The minimum atomic E-state index is -2.08. The molecule has 1 radical (unpaired) electrons. The van der Waals surface area contributed by atoms with Gasteiger partial charge in [0.25, 0.3) is 0 Å². The molecule has 1 fully saturated rings. The molecule has 40 heavy (non-hydrogen) atoms. The van der Waals surface area contributed by atoms with E-state index in [2.05, 4.69) is 35.1 Å². The van der Waals surface area contributed by atoms with Gasteiger partial charge in [-0.3, -0.25) is 0 Å². The molecule has 3 aromatic carbocycles. The Bertz CT molecular complexity index is 2030. The summed E-state index contributed by atoms with van der Waals surface area (Å²) in [5.74, 6) is 0.646. The summed E-state index contributed by atoms with van der Waals surface area (Å²) in [5.41, 5.74) is 6.59. The fraction of sp³-hybridized carbons (Fsp3) is 0.222. The van der Waals surface area contributed by atoms with Crippen molar-refractivity contribution < 1.29 is 34.1 Å². The Balaban J connectivity index is 0.000000181. The number of nitrogens with zero attached hydrogens (tertiary/aromatic N) is 2. The van der Waals surface area contributed by atoms with Crippen LogP contribution in [-0.2, 0) is 20.1 Å². The van der Waals surface area contributed by atoms with Gasteiger partial charge in [-0.05, 0) is 60.1 Å². The molecule has 0 aliphatic heterocycles. The average molecular weight is 708 g/mol. The molecule has 1 saturated carbocycles. The van der Waals surface area contributed by atoms with Crippen molar-refractivity contribution in [3.63, 3.8) is 0 Å². The summed E-state index contributed by atoms with van der Waals surface area (Å²) in [4.78, 5) is 8.57. The number of fused-ring (bicyclic) bond motifs is 3. The van der Waals surface area contributed by atoms with E-state index in [1.54, 1.807) is 24.3 Å². The second-order valence-corrected chi connectivity index (χ2v) is 9.91. The second-order valence-electron chi connectivity index (χ2n) is 9.91. The maximum absolute atomic E-state index is 7.98. The molecule has 3 heterocycles. The van der Waals surface area contributed by atoms with Crippen molar-refractivity contribution in [1.29, 1.82) is 0 Å². The first-order valence-electron chi connectivity index (χ1n) is 16.8. The van der Waals surface area contributed by atoms with Gasteiger partial charge in [-0.15, -0.1) is 53.1 Å². The van der Waals surface area contributed by atoms with Crippen LogP contribution < -0.4 is 0 Å². The van der Waals surface area contributed by atoms with E-state index in [0.29, 0.717) is 22.6 Å². The van der Waals surface area contributed by atoms with Crippen LogP contribution in [0.25, 0.3) is 44.5 Å². The number of para-hydroxylation sites is 1. The number of hydrogen-bond donors (Lipinski definition) is 0. The van der Waals surface area contributed by atoms with Crippen LogP contribution in [0.1, 0.15) is 64.3 Å². The Hall–Kier alpha value is -3.59. The maximum Gasteiger partial charge on any atom is 0.123 e. The van der Waals surface area contributed by atoms with Gasteiger partial charge < -0.3 is 14.4 Å². The number of rotatable bonds is 3. The molecule has 0 amide bonds. The van der Waals surface area contributed by atoms with E-state index in [-0.39, 0.29) is 50.1 Å². The Morgan fingerprint density at radius 3 is 2.58 bits per heavy atom. The van der Waals surface area contributed by atoms with Crippen LogP contribution in [0.3, 0.4) is 0 Å². The predicted octanol–water partition coefficient (Wildman–Crippen LogP) is 9.66. The topological polar surface area (TPSA) is 38.9 Å². The zero-order chi connectivity index (χ0) is 32.6. The Morgan fingerprint density at radius 2 is 1.77 bits per heavy atom. The molecule has 6 aromatic rings. The van der Waals surface area contributed by atoms with Gasteiger partial charge in [0.05, 0.1) is 11.1 Å². The Morgan fingerprint density at radius 1 is 0.925 bits per heavy atom. The smallest absolute Gasteiger partial charge is 0.123 e. The number of furan rings is 1. The molecule has 0 atom stereocenters. The third-order valence-corrected chi connectivity index (χ3v) is 7.31. The zero-order valence-electron chi connectivity index (χ0n) is 29.1. The van der Waals surface area contributed by atoms with Crippen LogP contribution in [0.15, 0.2) is 95.6 Å². The molecule has 4 heteroatoms. The summed E-state index contributed by atoms with van der Waals surface area (Å²) < 4.78 is 59.0. The molecular weight excluding hydrogens is 669 g/mol. The quantitative estimate of drug-likeness (QED) is 0.172. The molecule has 3 nitrogen and oxygen atoms in total. The molecule has 0 spiro atoms. The minimum absolute atomic E-state index is 0. The number of aryl methyl sites for hydroxylation is 2. The van der Waals surface area contributed by atoms with Crippen LogP contribution in [0.2, 0.25) is 0 Å². The van der Waals surface area contributed by atoms with Gasteiger partial charge in [-0.25, -0.2) is 0 Å². The molecule has 1 aliphatic rings. The van der Waals surface area contributed by atoms with Gasteiger partial charge in [0.1, 0.15) is 5.58 Å². The molecule has 0 saturated heterocycles. The molecule has 3 aromatic heterocycles. The van der Waals surface area contributed by atoms with E-state index in [1.165, 1.54) is 43.2 Å². The minimum Gasteiger partial charge on any atom is -0.477 e. The van der Waals surface area contributed by atoms with Gasteiger partial charge in [-0.2, -0.15) is 0 Å². The van der Waals surface area contributed by atoms with Crippen LogP contribution in [0.4, 0.5) is 0 Å². The fourth-order valence-electron chi connectivity index (χ4n) is 5.29. The van der Waals surface area contributed by atoms with Crippen LogP contribution in [0, 0.1) is 25.9 Å². The second kappa shape index (κ2) is 12.7. The summed E-state index contributed by atoms with van der Waals surface area (Å²) in [6.07, 6.45) is 8.20. The van der Waals surface area contributed by atoms with E-state index in [1.807, 2.05) is 36.5 Å². The summed E-state index contributed by atoms with van der Waals surface area (Å²) in [7, 11) is 0. The van der Waals surface area contributed by atoms with Gasteiger partial charge in [0.15, 0.2) is 0 Å². The van der Waals surface area contributed by atoms with Gasteiger partial charge in [-0.1, -0.05) is 79.5 Å². The number of benzene rings is 3. The van der Waals surface area contributed by atoms with Crippen molar-refractivity contribution in [3.05, 3.63) is 120 Å². The van der Waals surface area contributed by atoms with Crippen molar-refractivity contribution in [1.82, 2.24) is 9.97 Å². The van der Waals surface area contributed by atoms with Gasteiger partial charge >= 0.3 is 0 Å². The third kappa shape index (κ3) is 6.09. The first-order valence-corrected chi connectivity index (χ1v) is 13.3. The fourth-order valence-corrected chi connectivity index (χ4v) is 5.29. The average Bonchev–Trinajstić information content (AvgIpc) is 3.44. The van der Waals surface area contributed by atoms with Crippen molar-refractivity contribution >= 4 is 21.9 Å². The van der Waals surface area contributed by atoms with E-state index in [9.17, 15) is 0 Å². The summed E-state index contributed by atoms with van der Waals surface area (Å²) in [6.45, 7) is 0.0646. The van der Waals surface area contributed by atoms with Crippen molar-refractivity contribution in [3.8, 4) is 22.5 Å². The van der Waals surface area contributed by atoms with Gasteiger partial charge in [0, 0.05) is 36.6 Å². The predicted molar refractivity (Wildman–Crippen MR) is 160 cm³/mol. The monoisotopic (exact) mass is 708 g/mol. The van der Waals surface area contributed by atoms with Crippen LogP contribution in [0.5, 0.6) is 0 Å². The van der Waals surface area contributed by atoms with E-state index >= 15 is 0 Å². The standard InChI is InChI=1S/C19H22N.C17H10NO.Ir/c1-14-8-10-17(11-9-14)19-12-15(2)18(13-20-19)16-6-4-3-5-7-16;1-2-7-16-13(5-1)14-9-8-12(11-17(14)19-16)15-6-3-4-10-18-15;/h8-10,12-13,16H,3-7H2,1-2H3;1-10H;/q2*-1;/i1D3;3D,4D,6D,10D;. The molecule has 0 N–H and O–H groups in total. The van der Waals surface area contributed by atoms with E-state index in [4.69, 9.17) is 14.0 Å². The summed E-state index contributed by atoms with van der Waals surface area (Å²) >= 11 is 0. The van der Waals surface area contributed by atoms with Crippen LogP contribution >= 0.6 is 0 Å². The Kier molecular flexibility index (Phi) is 6.46. The zero-order valence-corrected chi connectivity index (χ0v) is 24.5. The third-order valence-electron chi connectivity index (χ3n) is 7.31. The van der Waals surface area contributed by atoms with Crippen molar-refractivity contribution in [2.75, 3.05) is 0 Å². The first kappa shape index (κ1) is 20.3. The first-order chi connectivity index (χ1) is 22.0. The molecular formula is C36H32IrN2O-2. The van der Waals surface area contributed by atoms with Gasteiger partial charge in [0.2, 0.25) is 0 Å².